The van der Waals surface area contributed by atoms with Gasteiger partial charge in [0, 0.05) is 24.2 Å². The zero-order valence-electron chi connectivity index (χ0n) is 26.5. The monoisotopic (exact) mass is 670 g/mol. The second kappa shape index (κ2) is 13.1. The van der Waals surface area contributed by atoms with Gasteiger partial charge >= 0.3 is 24.4 Å². The van der Waals surface area contributed by atoms with E-state index in [9.17, 15) is 45.8 Å². The van der Waals surface area contributed by atoms with E-state index >= 15 is 0 Å². The molecule has 256 valence electrons. The van der Waals surface area contributed by atoms with Crippen LogP contribution in [-0.2, 0) is 21.9 Å². The number of cyclic esters (lactones) is 1. The van der Waals surface area contributed by atoms with Crippen molar-refractivity contribution in [2.24, 2.45) is 5.41 Å². The van der Waals surface area contributed by atoms with Crippen LogP contribution in [0.15, 0.2) is 42.0 Å². The van der Waals surface area contributed by atoms with Crippen LogP contribution in [0.1, 0.15) is 85.7 Å². The summed E-state index contributed by atoms with van der Waals surface area (Å²) in [6.07, 6.45) is -10.7. The van der Waals surface area contributed by atoms with Gasteiger partial charge in [-0.2, -0.15) is 26.3 Å². The molecular weight excluding hydrogens is 634 g/mol. The van der Waals surface area contributed by atoms with Crippen LogP contribution in [0.5, 0.6) is 5.75 Å². The summed E-state index contributed by atoms with van der Waals surface area (Å²) in [5.41, 5.74) is -1.37. The Hall–Kier alpha value is -4.23. The first-order chi connectivity index (χ1) is 21.8. The Kier molecular flexibility index (Phi) is 9.94. The molecule has 14 heteroatoms. The number of hydrogen-bond donors (Lipinski definition) is 1. The minimum Gasteiger partial charge on any atom is -0.496 e. The number of rotatable bonds is 9. The third-order valence-corrected chi connectivity index (χ3v) is 8.63. The first-order valence-corrected chi connectivity index (χ1v) is 14.9. The molecule has 2 aliphatic rings. The molecule has 0 saturated carbocycles. The topological polar surface area (TPSA) is 96.4 Å². The molecule has 1 aliphatic heterocycles. The van der Waals surface area contributed by atoms with E-state index in [4.69, 9.17) is 9.47 Å². The molecule has 1 fully saturated rings. The van der Waals surface area contributed by atoms with Crippen LogP contribution in [0.4, 0.5) is 31.1 Å². The molecule has 0 bridgehead atoms. The van der Waals surface area contributed by atoms with Gasteiger partial charge in [-0.15, -0.1) is 0 Å². The number of likely N-dealkylation sites (N-methyl/N-ethyl adjacent to an activating group) is 1. The number of carbonyl (C=O) groups excluding carboxylic acids is 2. The lowest BCUT2D eigenvalue weighted by molar-refractivity contribution is -0.143. The smallest absolute Gasteiger partial charge is 0.416 e. The first-order valence-electron chi connectivity index (χ1n) is 14.9. The van der Waals surface area contributed by atoms with Gasteiger partial charge in [0.2, 0.25) is 0 Å². The summed E-state index contributed by atoms with van der Waals surface area (Å²) >= 11 is 0. The maximum absolute atomic E-state index is 13.6. The molecular formula is C33H36F6N2O6. The van der Waals surface area contributed by atoms with E-state index in [1.807, 2.05) is 13.8 Å². The highest BCUT2D eigenvalue weighted by Crippen LogP contribution is 2.46. The number of benzene rings is 2. The quantitative estimate of drug-likeness (QED) is 0.274. The Labute approximate surface area is 267 Å². The molecule has 2 aromatic carbocycles. The number of ether oxygens (including phenoxy) is 2. The fourth-order valence-corrected chi connectivity index (χ4v) is 6.15. The van der Waals surface area contributed by atoms with E-state index in [0.717, 1.165) is 17.6 Å². The summed E-state index contributed by atoms with van der Waals surface area (Å²) in [6.45, 7) is 6.83. The van der Waals surface area contributed by atoms with Crippen molar-refractivity contribution >= 4 is 23.5 Å². The van der Waals surface area contributed by atoms with Crippen molar-refractivity contribution in [3.8, 4) is 5.75 Å². The van der Waals surface area contributed by atoms with Crippen LogP contribution in [0.25, 0.3) is 5.57 Å². The predicted octanol–water partition coefficient (Wildman–Crippen LogP) is 7.83. The fraction of sp³-hybridized carbons (Fsp3) is 0.485. The third kappa shape index (κ3) is 7.84. The van der Waals surface area contributed by atoms with Crippen molar-refractivity contribution in [3.05, 3.63) is 69.8 Å². The maximum atomic E-state index is 13.6. The number of carboxylic acid groups (broad SMARTS) is 1. The lowest BCUT2D eigenvalue weighted by atomic mass is 9.72. The molecule has 2 aromatic rings. The van der Waals surface area contributed by atoms with Crippen LogP contribution in [-0.4, -0.2) is 65.7 Å². The van der Waals surface area contributed by atoms with E-state index in [-0.39, 0.29) is 30.1 Å². The van der Waals surface area contributed by atoms with Gasteiger partial charge < -0.3 is 19.5 Å². The van der Waals surface area contributed by atoms with Gasteiger partial charge in [0.15, 0.2) is 0 Å². The molecule has 2 amide bonds. The highest BCUT2D eigenvalue weighted by Gasteiger charge is 2.44. The minimum absolute atomic E-state index is 0.0254. The summed E-state index contributed by atoms with van der Waals surface area (Å²) in [5, 5.41) is 9.24. The summed E-state index contributed by atoms with van der Waals surface area (Å²) in [5.74, 6) is -1.25. The fourth-order valence-electron chi connectivity index (χ4n) is 6.15. The van der Waals surface area contributed by atoms with Gasteiger partial charge in [-0.1, -0.05) is 13.8 Å². The van der Waals surface area contributed by atoms with Crippen LogP contribution >= 0.6 is 0 Å². The van der Waals surface area contributed by atoms with Gasteiger partial charge in [0.25, 0.3) is 5.91 Å². The van der Waals surface area contributed by atoms with E-state index in [1.165, 1.54) is 29.9 Å². The largest absolute Gasteiger partial charge is 0.496 e. The number of aliphatic carboxylic acids is 1. The summed E-state index contributed by atoms with van der Waals surface area (Å²) in [6, 6.07) is 4.95. The SMILES string of the molecule is CCN(CC(=O)O)C(=O)c1ccc(OC)c(C2=C(CN3C(=O)O[C@H](c4cc(C(F)(F)F)cc(C(F)(F)F)c4)[C@@H]3C)CC(C)(C)CC2)c1. The Balaban J connectivity index is 1.75. The molecule has 0 aromatic heterocycles. The lowest BCUT2D eigenvalue weighted by Gasteiger charge is -2.36. The number of hydrogen-bond acceptors (Lipinski definition) is 5. The highest BCUT2D eigenvalue weighted by molar-refractivity contribution is 5.97. The predicted molar refractivity (Wildman–Crippen MR) is 159 cm³/mol. The van der Waals surface area contributed by atoms with Crippen LogP contribution in [0.3, 0.4) is 0 Å². The molecule has 0 unspecified atom stereocenters. The average Bonchev–Trinajstić information content (AvgIpc) is 3.26. The van der Waals surface area contributed by atoms with E-state index in [0.29, 0.717) is 36.3 Å². The lowest BCUT2D eigenvalue weighted by Crippen LogP contribution is -2.36. The number of allylic oxidation sites excluding steroid dienone is 1. The molecule has 4 rings (SSSR count). The zero-order valence-corrected chi connectivity index (χ0v) is 26.5. The highest BCUT2D eigenvalue weighted by atomic mass is 19.4. The minimum atomic E-state index is -5.06. The van der Waals surface area contributed by atoms with Crippen molar-refractivity contribution in [2.75, 3.05) is 26.7 Å². The van der Waals surface area contributed by atoms with Crippen molar-refractivity contribution in [1.82, 2.24) is 9.80 Å². The molecule has 47 heavy (non-hydrogen) atoms. The number of methoxy groups -OCH3 is 1. The number of nitrogens with zero attached hydrogens (tertiary/aromatic N) is 2. The van der Waals surface area contributed by atoms with Crippen molar-refractivity contribution in [2.45, 2.75) is 71.5 Å². The van der Waals surface area contributed by atoms with Crippen molar-refractivity contribution < 1.29 is 55.3 Å². The van der Waals surface area contributed by atoms with Crippen LogP contribution in [0, 0.1) is 5.41 Å². The van der Waals surface area contributed by atoms with Crippen molar-refractivity contribution in [1.29, 1.82) is 0 Å². The normalized spacial score (nSPS) is 19.9. The molecule has 1 N–H and O–H groups in total. The summed E-state index contributed by atoms with van der Waals surface area (Å²) < 4.78 is 92.4. The zero-order chi connectivity index (χ0) is 35.1. The van der Waals surface area contributed by atoms with Gasteiger partial charge in [-0.25, -0.2) is 4.79 Å². The molecule has 1 saturated heterocycles. The number of carboxylic acids is 1. The Morgan fingerprint density at radius 3 is 2.21 bits per heavy atom. The molecule has 0 radical (unpaired) electrons. The molecule has 0 spiro atoms. The summed E-state index contributed by atoms with van der Waals surface area (Å²) in [4.78, 5) is 40.2. The number of halogens is 6. The number of alkyl halides is 6. The Morgan fingerprint density at radius 2 is 1.68 bits per heavy atom. The van der Waals surface area contributed by atoms with Gasteiger partial charge in [0.05, 0.1) is 24.3 Å². The Morgan fingerprint density at radius 1 is 1.06 bits per heavy atom. The first kappa shape index (κ1) is 35.6. The van der Waals surface area contributed by atoms with Crippen molar-refractivity contribution in [3.63, 3.8) is 0 Å². The second-order valence-electron chi connectivity index (χ2n) is 12.6. The number of amides is 2. The Bertz CT molecular complexity index is 1550. The van der Waals surface area contributed by atoms with Crippen LogP contribution in [0.2, 0.25) is 0 Å². The van der Waals surface area contributed by atoms with E-state index in [2.05, 4.69) is 0 Å². The van der Waals surface area contributed by atoms with Crippen LogP contribution < -0.4 is 4.74 Å². The standard InChI is InChI=1S/C33H36F6N2O6/c1-6-40(17-27(42)43)29(44)19-7-8-26(46-5)25(13-19)24-9-10-31(3,4)15-21(24)16-41-18(2)28(47-30(41)45)20-11-22(32(34,35)36)14-23(12-20)33(37,38)39/h7-8,11-14,18,28H,6,9-10,15-17H2,1-5H3,(H,42,43)/t18-,28-/m0/s1. The second-order valence-corrected chi connectivity index (χ2v) is 12.6. The van der Waals surface area contributed by atoms with Gasteiger partial charge in [-0.05, 0) is 91.6 Å². The average molecular weight is 671 g/mol. The third-order valence-electron chi connectivity index (χ3n) is 8.63. The number of carbonyl (C=O) groups is 3. The molecule has 1 aliphatic carbocycles. The summed E-state index contributed by atoms with van der Waals surface area (Å²) in [7, 11) is 1.45. The van der Waals surface area contributed by atoms with E-state index < -0.39 is 65.7 Å². The molecule has 2 atom stereocenters. The molecule has 1 heterocycles. The van der Waals surface area contributed by atoms with Gasteiger partial charge in [0.1, 0.15) is 18.4 Å². The van der Waals surface area contributed by atoms with E-state index in [1.54, 1.807) is 19.1 Å². The maximum Gasteiger partial charge on any atom is 0.416 e. The van der Waals surface area contributed by atoms with Gasteiger partial charge in [-0.3, -0.25) is 14.5 Å². The molecule has 8 nitrogen and oxygen atoms in total.